The van der Waals surface area contributed by atoms with E-state index in [1.165, 1.54) is 0 Å². The third-order valence-electron chi connectivity index (χ3n) is 5.46. The highest BCUT2D eigenvalue weighted by Crippen LogP contribution is 2.39. The van der Waals surface area contributed by atoms with Gasteiger partial charge in [0.1, 0.15) is 0 Å². The molecule has 2 aromatic rings. The molecule has 1 saturated carbocycles. The normalized spacial score (nSPS) is 22.8. The van der Waals surface area contributed by atoms with Gasteiger partial charge in [-0.15, -0.1) is 5.10 Å². The van der Waals surface area contributed by atoms with E-state index in [1.807, 2.05) is 13.0 Å². The molecule has 0 unspecified atom stereocenters. The molecule has 1 aliphatic carbocycles. The highest BCUT2D eigenvalue weighted by atomic mass is 16.5. The lowest BCUT2D eigenvalue weighted by atomic mass is 10.00. The molecule has 0 bridgehead atoms. The summed E-state index contributed by atoms with van der Waals surface area (Å²) >= 11 is 0. The van der Waals surface area contributed by atoms with Crippen molar-refractivity contribution in [2.45, 2.75) is 58.1 Å². The minimum Gasteiger partial charge on any atom is -0.378 e. The van der Waals surface area contributed by atoms with Crippen LogP contribution in [0.25, 0.3) is 11.5 Å². The predicted octanol–water partition coefficient (Wildman–Crippen LogP) is 2.55. The monoisotopic (exact) mass is 386 g/mol. The number of aryl methyl sites for hydroxylation is 1. The molecular weight excluding hydrogens is 356 g/mol. The summed E-state index contributed by atoms with van der Waals surface area (Å²) in [6.07, 6.45) is 3.36. The fourth-order valence-electron chi connectivity index (χ4n) is 3.69. The van der Waals surface area contributed by atoms with E-state index in [0.29, 0.717) is 23.8 Å². The number of ether oxygens (including phenoxy) is 1. The predicted molar refractivity (Wildman–Crippen MR) is 106 cm³/mol. The van der Waals surface area contributed by atoms with E-state index in [1.54, 1.807) is 7.11 Å². The van der Waals surface area contributed by atoms with Crippen molar-refractivity contribution in [1.29, 1.82) is 0 Å². The molecule has 8 nitrogen and oxygen atoms in total. The zero-order valence-electron chi connectivity index (χ0n) is 17.2. The van der Waals surface area contributed by atoms with Gasteiger partial charge in [-0.1, -0.05) is 19.0 Å². The van der Waals surface area contributed by atoms with Crippen LogP contribution in [-0.2, 0) is 4.74 Å². The molecule has 0 aromatic carbocycles. The van der Waals surface area contributed by atoms with Gasteiger partial charge in [-0.3, -0.25) is 0 Å². The molecule has 0 amide bonds. The van der Waals surface area contributed by atoms with Crippen LogP contribution in [0.15, 0.2) is 10.6 Å². The third kappa shape index (κ3) is 4.17. The molecule has 8 heteroatoms. The maximum atomic E-state index is 5.80. The van der Waals surface area contributed by atoms with E-state index >= 15 is 0 Å². The van der Waals surface area contributed by atoms with Crippen molar-refractivity contribution in [3.8, 4) is 11.5 Å². The molecule has 4 rings (SSSR count). The fraction of sp³-hybridized carbons (Fsp3) is 0.700. The van der Waals surface area contributed by atoms with Gasteiger partial charge in [0.05, 0.1) is 17.4 Å². The summed E-state index contributed by atoms with van der Waals surface area (Å²) < 4.78 is 11.4. The Morgan fingerprint density at radius 3 is 2.82 bits per heavy atom. The lowest BCUT2D eigenvalue weighted by Crippen LogP contribution is -2.54. The minimum atomic E-state index is 0.0909. The summed E-state index contributed by atoms with van der Waals surface area (Å²) in [5.74, 6) is 3.20. The maximum Gasteiger partial charge on any atom is 0.261 e. The molecule has 3 heterocycles. The first-order chi connectivity index (χ1) is 13.5. The first-order valence-corrected chi connectivity index (χ1v) is 10.2. The average Bonchev–Trinajstić information content (AvgIpc) is 3.43. The van der Waals surface area contributed by atoms with Gasteiger partial charge in [-0.05, 0) is 44.7 Å². The lowest BCUT2D eigenvalue weighted by Gasteiger charge is -2.39. The van der Waals surface area contributed by atoms with Crippen LogP contribution in [0.4, 0.5) is 5.82 Å². The number of methoxy groups -OCH3 is 1. The highest BCUT2D eigenvalue weighted by Gasteiger charge is 2.33. The van der Waals surface area contributed by atoms with Gasteiger partial charge in [0, 0.05) is 32.2 Å². The van der Waals surface area contributed by atoms with Gasteiger partial charge >= 0.3 is 0 Å². The van der Waals surface area contributed by atoms with Gasteiger partial charge in [0.25, 0.3) is 5.89 Å². The second kappa shape index (κ2) is 8.13. The Morgan fingerprint density at radius 1 is 1.29 bits per heavy atom. The molecular formula is C20H30N6O2. The Balaban J connectivity index is 1.55. The van der Waals surface area contributed by atoms with Crippen molar-refractivity contribution >= 4 is 5.82 Å². The van der Waals surface area contributed by atoms with Crippen LogP contribution >= 0.6 is 0 Å². The van der Waals surface area contributed by atoms with Gasteiger partial charge in [0.2, 0.25) is 0 Å². The molecule has 1 N–H and O–H groups in total. The lowest BCUT2D eigenvalue weighted by molar-refractivity contribution is 0.0589. The second-order valence-corrected chi connectivity index (χ2v) is 8.37. The summed E-state index contributed by atoms with van der Waals surface area (Å²) in [6, 6.07) is 2.33. The van der Waals surface area contributed by atoms with Crippen molar-refractivity contribution in [3.63, 3.8) is 0 Å². The van der Waals surface area contributed by atoms with Gasteiger partial charge in [-0.25, -0.2) is 0 Å². The Labute approximate surface area is 166 Å². The maximum absolute atomic E-state index is 5.80. The summed E-state index contributed by atoms with van der Waals surface area (Å²) in [6.45, 7) is 8.99. The topological polar surface area (TPSA) is 89.2 Å². The molecule has 28 heavy (non-hydrogen) atoms. The SMILES string of the molecule is CO[C@H]1CN(c2nnc(C)cc2-c2nc(C3CC3)no2)CC[C@H]1NCC(C)C. The first-order valence-electron chi connectivity index (χ1n) is 10.2. The van der Waals surface area contributed by atoms with Crippen LogP contribution in [0, 0.1) is 12.8 Å². The van der Waals surface area contributed by atoms with Crippen molar-refractivity contribution in [3.05, 3.63) is 17.6 Å². The number of piperidine rings is 1. The van der Waals surface area contributed by atoms with E-state index in [4.69, 9.17) is 9.26 Å². The molecule has 2 aliphatic rings. The van der Waals surface area contributed by atoms with Gasteiger partial charge in [0.15, 0.2) is 11.6 Å². The van der Waals surface area contributed by atoms with Crippen LogP contribution in [0.2, 0.25) is 0 Å². The zero-order valence-corrected chi connectivity index (χ0v) is 17.2. The largest absolute Gasteiger partial charge is 0.378 e. The second-order valence-electron chi connectivity index (χ2n) is 8.37. The number of nitrogens with one attached hydrogen (secondary N) is 1. The molecule has 1 saturated heterocycles. The molecule has 2 atom stereocenters. The van der Waals surface area contributed by atoms with Crippen LogP contribution in [0.5, 0.6) is 0 Å². The number of aromatic nitrogens is 4. The molecule has 0 radical (unpaired) electrons. The van der Waals surface area contributed by atoms with E-state index in [2.05, 4.69) is 44.4 Å². The molecule has 2 aromatic heterocycles. The van der Waals surface area contributed by atoms with E-state index < -0.39 is 0 Å². The quantitative estimate of drug-likeness (QED) is 0.777. The smallest absolute Gasteiger partial charge is 0.261 e. The average molecular weight is 387 g/mol. The van der Waals surface area contributed by atoms with Crippen LogP contribution in [-0.4, -0.2) is 59.2 Å². The number of anilines is 1. The van der Waals surface area contributed by atoms with Crippen molar-refractivity contribution in [1.82, 2.24) is 25.7 Å². The van der Waals surface area contributed by atoms with E-state index in [0.717, 1.165) is 61.8 Å². The van der Waals surface area contributed by atoms with E-state index in [-0.39, 0.29) is 6.10 Å². The van der Waals surface area contributed by atoms with Crippen molar-refractivity contribution in [2.24, 2.45) is 5.92 Å². The molecule has 2 fully saturated rings. The summed E-state index contributed by atoms with van der Waals surface area (Å²) in [7, 11) is 1.78. The Morgan fingerprint density at radius 2 is 2.11 bits per heavy atom. The van der Waals surface area contributed by atoms with Gasteiger partial charge in [-0.2, -0.15) is 10.1 Å². The Bertz CT molecular complexity index is 804. The van der Waals surface area contributed by atoms with Crippen LogP contribution < -0.4 is 10.2 Å². The summed E-state index contributed by atoms with van der Waals surface area (Å²) in [5.41, 5.74) is 1.69. The van der Waals surface area contributed by atoms with Gasteiger partial charge < -0.3 is 19.5 Å². The number of hydrogen-bond acceptors (Lipinski definition) is 8. The minimum absolute atomic E-state index is 0.0909. The van der Waals surface area contributed by atoms with Crippen LogP contribution in [0.3, 0.4) is 0 Å². The standard InChI is InChI=1S/C20H30N6O2/c1-12(2)10-21-16-7-8-26(11-17(16)27-4)19-15(9-13(3)23-24-19)20-22-18(25-28-20)14-5-6-14/h9,12,14,16-17,21H,5-8,10-11H2,1-4H3/t16-,17+/m1/s1. The fourth-order valence-corrected chi connectivity index (χ4v) is 3.69. The van der Waals surface area contributed by atoms with Crippen molar-refractivity contribution in [2.75, 3.05) is 31.6 Å². The highest BCUT2D eigenvalue weighted by molar-refractivity contribution is 5.70. The molecule has 1 aliphatic heterocycles. The third-order valence-corrected chi connectivity index (χ3v) is 5.46. The first kappa shape index (κ1) is 19.3. The summed E-state index contributed by atoms with van der Waals surface area (Å²) in [5, 5.41) is 16.6. The summed E-state index contributed by atoms with van der Waals surface area (Å²) in [4.78, 5) is 6.85. The Kier molecular flexibility index (Phi) is 5.59. The van der Waals surface area contributed by atoms with Crippen molar-refractivity contribution < 1.29 is 9.26 Å². The number of hydrogen-bond donors (Lipinski definition) is 1. The van der Waals surface area contributed by atoms with E-state index in [9.17, 15) is 0 Å². The number of rotatable bonds is 7. The zero-order chi connectivity index (χ0) is 19.7. The number of nitrogens with zero attached hydrogens (tertiary/aromatic N) is 5. The molecule has 152 valence electrons. The van der Waals surface area contributed by atoms with Crippen LogP contribution in [0.1, 0.15) is 50.5 Å². The Hall–Kier alpha value is -2.06. The molecule has 0 spiro atoms.